The van der Waals surface area contributed by atoms with Crippen LogP contribution in [0.2, 0.25) is 0 Å². The van der Waals surface area contributed by atoms with E-state index < -0.39 is 5.97 Å². The summed E-state index contributed by atoms with van der Waals surface area (Å²) in [6, 6.07) is 4.84. The van der Waals surface area contributed by atoms with E-state index in [0.29, 0.717) is 12.2 Å². The van der Waals surface area contributed by atoms with Crippen molar-refractivity contribution >= 4 is 39.2 Å². The number of nitrogens with one attached hydrogen (secondary N) is 1. The normalized spacial score (nSPS) is 12.1. The maximum Gasteiger partial charge on any atom is 0.322 e. The third-order valence-corrected chi connectivity index (χ3v) is 3.98. The number of aliphatic carboxylic acids is 1. The van der Waals surface area contributed by atoms with Gasteiger partial charge in [-0.25, -0.2) is 9.78 Å². The molecule has 0 aliphatic rings. The topological polar surface area (TPSA) is 82.5 Å². The number of aromatic nitrogens is 1. The molecule has 0 aliphatic heterocycles. The van der Waals surface area contributed by atoms with Crippen LogP contribution in [0.25, 0.3) is 10.2 Å². The van der Waals surface area contributed by atoms with Gasteiger partial charge < -0.3 is 15.3 Å². The van der Waals surface area contributed by atoms with Crippen LogP contribution in [-0.4, -0.2) is 39.6 Å². The summed E-state index contributed by atoms with van der Waals surface area (Å²) in [5.74, 6) is -0.917. The van der Waals surface area contributed by atoms with Gasteiger partial charge in [0, 0.05) is 18.3 Å². The van der Waals surface area contributed by atoms with Crippen LogP contribution in [0, 0.1) is 0 Å². The predicted molar refractivity (Wildman–Crippen MR) is 82.7 cm³/mol. The number of amides is 2. The second-order valence-corrected chi connectivity index (χ2v) is 5.58. The monoisotopic (exact) mass is 307 g/mol. The largest absolute Gasteiger partial charge is 0.481 e. The van der Waals surface area contributed by atoms with Crippen molar-refractivity contribution in [1.29, 1.82) is 0 Å². The minimum Gasteiger partial charge on any atom is -0.481 e. The SMILES string of the molecule is CCN(C(=O)Nc1ccc2ncsc2c1)C(C)CC(=O)O. The summed E-state index contributed by atoms with van der Waals surface area (Å²) in [5.41, 5.74) is 3.33. The van der Waals surface area contributed by atoms with Crippen molar-refractivity contribution in [2.24, 2.45) is 0 Å². The highest BCUT2D eigenvalue weighted by Crippen LogP contribution is 2.22. The molecular formula is C14H17N3O3S. The molecule has 0 saturated carbocycles. The Labute approximate surface area is 126 Å². The Bertz CT molecular complexity index is 656. The smallest absolute Gasteiger partial charge is 0.322 e. The van der Waals surface area contributed by atoms with Gasteiger partial charge in [0.2, 0.25) is 0 Å². The number of nitrogens with zero attached hydrogens (tertiary/aromatic N) is 2. The Hall–Kier alpha value is -2.15. The van der Waals surface area contributed by atoms with E-state index in [1.54, 1.807) is 18.5 Å². The van der Waals surface area contributed by atoms with E-state index in [2.05, 4.69) is 10.3 Å². The van der Waals surface area contributed by atoms with Crippen LogP contribution in [0.3, 0.4) is 0 Å². The summed E-state index contributed by atoms with van der Waals surface area (Å²) in [4.78, 5) is 28.7. The Kier molecular flexibility index (Phi) is 4.74. The molecule has 2 amide bonds. The number of carboxylic acids is 1. The summed E-state index contributed by atoms with van der Waals surface area (Å²) >= 11 is 1.50. The second kappa shape index (κ2) is 6.53. The Morgan fingerprint density at radius 2 is 2.24 bits per heavy atom. The number of anilines is 1. The van der Waals surface area contributed by atoms with Crippen LogP contribution >= 0.6 is 11.3 Å². The fourth-order valence-electron chi connectivity index (χ4n) is 2.15. The molecule has 112 valence electrons. The highest BCUT2D eigenvalue weighted by molar-refractivity contribution is 7.16. The van der Waals surface area contributed by atoms with Crippen molar-refractivity contribution in [3.05, 3.63) is 23.7 Å². The number of carbonyl (C=O) groups excluding carboxylic acids is 1. The van der Waals surface area contributed by atoms with Gasteiger partial charge in [0.1, 0.15) is 0 Å². The molecule has 2 aromatic rings. The minimum atomic E-state index is -0.917. The molecule has 1 atom stereocenters. The van der Waals surface area contributed by atoms with E-state index in [1.165, 1.54) is 16.2 Å². The molecule has 7 heteroatoms. The zero-order valence-electron chi connectivity index (χ0n) is 11.9. The van der Waals surface area contributed by atoms with Crippen LogP contribution < -0.4 is 5.32 Å². The Morgan fingerprint density at radius 1 is 1.48 bits per heavy atom. The lowest BCUT2D eigenvalue weighted by molar-refractivity contribution is -0.137. The van der Waals surface area contributed by atoms with E-state index in [0.717, 1.165) is 10.2 Å². The fraction of sp³-hybridized carbons (Fsp3) is 0.357. The summed E-state index contributed by atoms with van der Waals surface area (Å²) in [6.07, 6.45) is -0.0743. The number of carbonyl (C=O) groups is 2. The highest BCUT2D eigenvalue weighted by Gasteiger charge is 2.20. The van der Waals surface area contributed by atoms with Gasteiger partial charge >= 0.3 is 12.0 Å². The van der Waals surface area contributed by atoms with E-state index >= 15 is 0 Å². The van der Waals surface area contributed by atoms with Gasteiger partial charge in [0.25, 0.3) is 0 Å². The molecule has 2 rings (SSSR count). The van der Waals surface area contributed by atoms with Crippen LogP contribution in [-0.2, 0) is 4.79 Å². The summed E-state index contributed by atoms with van der Waals surface area (Å²) < 4.78 is 0.995. The van der Waals surface area contributed by atoms with Crippen molar-refractivity contribution < 1.29 is 14.7 Å². The lowest BCUT2D eigenvalue weighted by atomic mass is 10.2. The molecule has 0 saturated heterocycles. The Balaban J connectivity index is 2.09. The number of urea groups is 1. The fourth-order valence-corrected chi connectivity index (χ4v) is 2.86. The molecule has 0 fully saturated rings. The van der Waals surface area contributed by atoms with E-state index in [1.807, 2.05) is 19.1 Å². The van der Waals surface area contributed by atoms with Crippen molar-refractivity contribution in [3.63, 3.8) is 0 Å². The van der Waals surface area contributed by atoms with Crippen LogP contribution in [0.15, 0.2) is 23.7 Å². The van der Waals surface area contributed by atoms with E-state index in [-0.39, 0.29) is 18.5 Å². The van der Waals surface area contributed by atoms with E-state index in [9.17, 15) is 9.59 Å². The van der Waals surface area contributed by atoms with Crippen LogP contribution in [0.4, 0.5) is 10.5 Å². The number of hydrogen-bond acceptors (Lipinski definition) is 4. The molecule has 0 bridgehead atoms. The van der Waals surface area contributed by atoms with Gasteiger partial charge in [-0.1, -0.05) is 0 Å². The number of rotatable bonds is 5. The van der Waals surface area contributed by atoms with Crippen LogP contribution in [0.5, 0.6) is 0 Å². The minimum absolute atomic E-state index is 0.0743. The first-order valence-electron chi connectivity index (χ1n) is 6.64. The van der Waals surface area contributed by atoms with Gasteiger partial charge in [0.05, 0.1) is 22.1 Å². The van der Waals surface area contributed by atoms with Crippen LogP contribution in [0.1, 0.15) is 20.3 Å². The third kappa shape index (κ3) is 3.69. The average Bonchev–Trinajstić information content (AvgIpc) is 2.85. The molecule has 21 heavy (non-hydrogen) atoms. The lowest BCUT2D eigenvalue weighted by Crippen LogP contribution is -2.42. The zero-order chi connectivity index (χ0) is 15.4. The molecule has 1 aromatic heterocycles. The Morgan fingerprint density at radius 3 is 2.90 bits per heavy atom. The highest BCUT2D eigenvalue weighted by atomic mass is 32.1. The van der Waals surface area contributed by atoms with Gasteiger partial charge in [-0.05, 0) is 32.0 Å². The quantitative estimate of drug-likeness (QED) is 0.889. The molecule has 2 N–H and O–H groups in total. The van der Waals surface area contributed by atoms with Crippen molar-refractivity contribution in [2.75, 3.05) is 11.9 Å². The molecule has 6 nitrogen and oxygen atoms in total. The van der Waals surface area contributed by atoms with Gasteiger partial charge in [-0.15, -0.1) is 11.3 Å². The molecule has 1 heterocycles. The first-order chi connectivity index (χ1) is 10.0. The number of thiazole rings is 1. The number of hydrogen-bond donors (Lipinski definition) is 2. The van der Waals surface area contributed by atoms with E-state index in [4.69, 9.17) is 5.11 Å². The van der Waals surface area contributed by atoms with Crippen molar-refractivity contribution in [1.82, 2.24) is 9.88 Å². The summed E-state index contributed by atoms with van der Waals surface area (Å²) in [7, 11) is 0. The standard InChI is InChI=1S/C14H17N3O3S/c1-3-17(9(2)6-13(18)19)14(20)16-10-4-5-11-12(7-10)21-8-15-11/h4-5,7-9H,3,6H2,1-2H3,(H,16,20)(H,18,19). The van der Waals surface area contributed by atoms with Crippen molar-refractivity contribution in [3.8, 4) is 0 Å². The van der Waals surface area contributed by atoms with Gasteiger partial charge in [-0.2, -0.15) is 0 Å². The number of benzene rings is 1. The molecule has 1 aromatic carbocycles. The summed E-state index contributed by atoms with van der Waals surface area (Å²) in [5, 5.41) is 11.6. The van der Waals surface area contributed by atoms with Gasteiger partial charge in [0.15, 0.2) is 0 Å². The number of carboxylic acid groups (broad SMARTS) is 1. The maximum absolute atomic E-state index is 12.3. The molecule has 0 aliphatic carbocycles. The first kappa shape index (κ1) is 15.2. The second-order valence-electron chi connectivity index (χ2n) is 4.70. The molecular weight excluding hydrogens is 290 g/mol. The van der Waals surface area contributed by atoms with Crippen molar-refractivity contribution in [2.45, 2.75) is 26.3 Å². The third-order valence-electron chi connectivity index (χ3n) is 3.19. The first-order valence-corrected chi connectivity index (χ1v) is 7.52. The predicted octanol–water partition coefficient (Wildman–Crippen LogP) is 3.01. The van der Waals surface area contributed by atoms with Gasteiger partial charge in [-0.3, -0.25) is 4.79 Å². The molecule has 1 unspecified atom stereocenters. The maximum atomic E-state index is 12.3. The average molecular weight is 307 g/mol. The molecule has 0 spiro atoms. The summed E-state index contributed by atoms with van der Waals surface area (Å²) in [6.45, 7) is 4.00. The zero-order valence-corrected chi connectivity index (χ0v) is 12.7. The molecule has 0 radical (unpaired) electrons. The number of fused-ring (bicyclic) bond motifs is 1. The lowest BCUT2D eigenvalue weighted by Gasteiger charge is -2.27.